The minimum Gasteiger partial charge on any atom is -0.340 e. The summed E-state index contributed by atoms with van der Waals surface area (Å²) in [6.45, 7) is 5.50. The van der Waals surface area contributed by atoms with Crippen LogP contribution in [0.15, 0.2) is 24.3 Å². The van der Waals surface area contributed by atoms with Gasteiger partial charge in [-0.1, -0.05) is 12.1 Å². The number of hydrogen-bond donors (Lipinski definition) is 0. The van der Waals surface area contributed by atoms with Gasteiger partial charge < -0.3 is 9.47 Å². The van der Waals surface area contributed by atoms with Gasteiger partial charge in [-0.15, -0.1) is 0 Å². The van der Waals surface area contributed by atoms with Crippen molar-refractivity contribution in [2.75, 3.05) is 0 Å². The Morgan fingerprint density at radius 3 is 2.29 bits per heavy atom. The first-order valence-electron chi connectivity index (χ1n) is 5.53. The lowest BCUT2D eigenvalue weighted by Crippen LogP contribution is -2.24. The summed E-state index contributed by atoms with van der Waals surface area (Å²) in [6.07, 6.45) is -0.167. The zero-order valence-electron chi connectivity index (χ0n) is 10.0. The first-order chi connectivity index (χ1) is 7.94. The Balaban J connectivity index is 2.44. The van der Waals surface area contributed by atoms with E-state index in [1.54, 1.807) is 25.1 Å². The van der Waals surface area contributed by atoms with E-state index in [2.05, 4.69) is 0 Å². The van der Waals surface area contributed by atoms with Gasteiger partial charge in [0.25, 0.3) is 5.69 Å². The van der Waals surface area contributed by atoms with Crippen LogP contribution in [-0.2, 0) is 15.3 Å². The Bertz CT molecular complexity index is 436. The van der Waals surface area contributed by atoms with Crippen LogP contribution in [0.1, 0.15) is 26.3 Å². The molecule has 2 unspecified atom stereocenters. The van der Waals surface area contributed by atoms with Crippen molar-refractivity contribution >= 4 is 5.69 Å². The minimum absolute atomic E-state index is 0.0244. The Morgan fingerprint density at radius 1 is 1.24 bits per heavy atom. The van der Waals surface area contributed by atoms with E-state index < -0.39 is 10.7 Å². The van der Waals surface area contributed by atoms with Crippen LogP contribution in [0.5, 0.6) is 0 Å². The normalized spacial score (nSPS) is 32.6. The van der Waals surface area contributed by atoms with E-state index in [1.807, 2.05) is 13.8 Å². The van der Waals surface area contributed by atoms with Gasteiger partial charge in [0, 0.05) is 6.07 Å². The maximum absolute atomic E-state index is 11.0. The number of nitrogens with zero attached hydrogens (tertiary/aromatic N) is 1. The molecule has 1 fully saturated rings. The van der Waals surface area contributed by atoms with Crippen molar-refractivity contribution in [2.24, 2.45) is 0 Å². The summed E-state index contributed by atoms with van der Waals surface area (Å²) in [5, 5.41) is 11.0. The summed E-state index contributed by atoms with van der Waals surface area (Å²) in [5.74, 6) is -1.04. The van der Waals surface area contributed by atoms with Crippen molar-refractivity contribution in [1.82, 2.24) is 0 Å². The zero-order chi connectivity index (χ0) is 12.6. The Morgan fingerprint density at radius 2 is 1.76 bits per heavy atom. The van der Waals surface area contributed by atoms with E-state index in [1.165, 1.54) is 6.07 Å². The molecule has 2 rings (SSSR count). The maximum atomic E-state index is 11.0. The molecule has 1 aromatic rings. The topological polar surface area (TPSA) is 61.6 Å². The van der Waals surface area contributed by atoms with Crippen molar-refractivity contribution in [3.8, 4) is 0 Å². The lowest BCUT2D eigenvalue weighted by atomic mass is 10.1. The van der Waals surface area contributed by atoms with Crippen LogP contribution in [0.25, 0.3) is 0 Å². The third-order valence-corrected chi connectivity index (χ3v) is 3.07. The monoisotopic (exact) mass is 237 g/mol. The Kier molecular flexibility index (Phi) is 2.89. The average Bonchev–Trinajstić information content (AvgIpc) is 2.54. The Hall–Kier alpha value is -1.46. The molecule has 92 valence electrons. The number of hydrogen-bond acceptors (Lipinski definition) is 4. The molecule has 1 heterocycles. The molecular weight excluding hydrogens is 222 g/mol. The first-order valence-corrected chi connectivity index (χ1v) is 5.53. The van der Waals surface area contributed by atoms with E-state index in [0.717, 1.165) is 0 Å². The van der Waals surface area contributed by atoms with Gasteiger partial charge in [-0.2, -0.15) is 0 Å². The second-order valence-corrected chi connectivity index (χ2v) is 4.37. The fourth-order valence-corrected chi connectivity index (χ4v) is 2.07. The fraction of sp³-hybridized carbons (Fsp3) is 0.500. The third-order valence-electron chi connectivity index (χ3n) is 3.07. The maximum Gasteiger partial charge on any atom is 0.277 e. The lowest BCUT2D eigenvalue weighted by Gasteiger charge is -2.23. The summed E-state index contributed by atoms with van der Waals surface area (Å²) >= 11 is 0. The number of para-hydroxylation sites is 1. The molecule has 0 bridgehead atoms. The van der Waals surface area contributed by atoms with Crippen LogP contribution in [0, 0.1) is 10.1 Å². The van der Waals surface area contributed by atoms with E-state index in [-0.39, 0.29) is 17.9 Å². The molecule has 1 aromatic carbocycles. The average molecular weight is 237 g/mol. The highest BCUT2D eigenvalue weighted by atomic mass is 16.8. The third kappa shape index (κ3) is 2.03. The number of ether oxygens (including phenoxy) is 2. The van der Waals surface area contributed by atoms with Gasteiger partial charge in [0.1, 0.15) is 0 Å². The molecule has 1 saturated heterocycles. The van der Waals surface area contributed by atoms with E-state index >= 15 is 0 Å². The van der Waals surface area contributed by atoms with E-state index in [4.69, 9.17) is 9.47 Å². The molecule has 0 N–H and O–H groups in total. The molecular formula is C12H15NO4. The second-order valence-electron chi connectivity index (χ2n) is 4.37. The van der Waals surface area contributed by atoms with Crippen LogP contribution in [0.3, 0.4) is 0 Å². The van der Waals surface area contributed by atoms with Crippen molar-refractivity contribution < 1.29 is 14.4 Å². The van der Waals surface area contributed by atoms with Crippen LogP contribution in [0.2, 0.25) is 0 Å². The summed E-state index contributed by atoms with van der Waals surface area (Å²) in [4.78, 5) is 10.6. The molecule has 2 atom stereocenters. The smallest absolute Gasteiger partial charge is 0.277 e. The summed E-state index contributed by atoms with van der Waals surface area (Å²) < 4.78 is 11.4. The largest absolute Gasteiger partial charge is 0.340 e. The highest BCUT2D eigenvalue weighted by Gasteiger charge is 2.44. The second kappa shape index (κ2) is 4.09. The predicted octanol–water partition coefficient (Wildman–Crippen LogP) is 2.59. The highest BCUT2D eigenvalue weighted by Crippen LogP contribution is 2.40. The SMILES string of the molecule is CC1OC(C)(c2ccccc2[N+](=O)[O-])OC1C. The number of nitro benzene ring substituents is 1. The summed E-state index contributed by atoms with van der Waals surface area (Å²) in [7, 11) is 0. The molecule has 17 heavy (non-hydrogen) atoms. The quantitative estimate of drug-likeness (QED) is 0.586. The van der Waals surface area contributed by atoms with Crippen molar-refractivity contribution in [3.63, 3.8) is 0 Å². The summed E-state index contributed by atoms with van der Waals surface area (Å²) in [5.41, 5.74) is 0.484. The Labute approximate surface area is 99.5 Å². The zero-order valence-corrected chi connectivity index (χ0v) is 10.0. The molecule has 0 spiro atoms. The molecule has 0 saturated carbocycles. The predicted molar refractivity (Wildman–Crippen MR) is 61.5 cm³/mol. The van der Waals surface area contributed by atoms with Crippen molar-refractivity contribution in [3.05, 3.63) is 39.9 Å². The molecule has 1 aliphatic heterocycles. The standard InChI is InChI=1S/C12H15NO4/c1-8-9(2)17-12(3,16-8)10-6-4-5-7-11(10)13(14)15/h4-9H,1-3H3. The van der Waals surface area contributed by atoms with Gasteiger partial charge in [0.15, 0.2) is 5.79 Å². The minimum atomic E-state index is -1.04. The molecule has 1 aliphatic rings. The van der Waals surface area contributed by atoms with Crippen LogP contribution >= 0.6 is 0 Å². The van der Waals surface area contributed by atoms with Gasteiger partial charge in [0.2, 0.25) is 0 Å². The first kappa shape index (κ1) is 12.0. The van der Waals surface area contributed by atoms with E-state index in [0.29, 0.717) is 5.56 Å². The highest BCUT2D eigenvalue weighted by molar-refractivity contribution is 5.42. The molecule has 0 aromatic heterocycles. The van der Waals surface area contributed by atoms with E-state index in [9.17, 15) is 10.1 Å². The molecule has 0 radical (unpaired) electrons. The van der Waals surface area contributed by atoms with Crippen LogP contribution in [-0.4, -0.2) is 17.1 Å². The van der Waals surface area contributed by atoms with Gasteiger partial charge >= 0.3 is 0 Å². The van der Waals surface area contributed by atoms with Gasteiger partial charge in [-0.3, -0.25) is 10.1 Å². The molecule has 5 nitrogen and oxygen atoms in total. The number of nitro groups is 1. The van der Waals surface area contributed by atoms with Crippen molar-refractivity contribution in [2.45, 2.75) is 38.8 Å². The van der Waals surface area contributed by atoms with Crippen LogP contribution < -0.4 is 0 Å². The molecule has 0 amide bonds. The molecule has 0 aliphatic carbocycles. The summed E-state index contributed by atoms with van der Waals surface area (Å²) in [6, 6.07) is 6.50. The van der Waals surface area contributed by atoms with Gasteiger partial charge in [0.05, 0.1) is 22.7 Å². The van der Waals surface area contributed by atoms with Gasteiger partial charge in [-0.25, -0.2) is 0 Å². The van der Waals surface area contributed by atoms with Gasteiger partial charge in [-0.05, 0) is 26.8 Å². The molecule has 5 heteroatoms. The van der Waals surface area contributed by atoms with Crippen molar-refractivity contribution in [1.29, 1.82) is 0 Å². The lowest BCUT2D eigenvalue weighted by molar-refractivity contribution is -0.388. The number of rotatable bonds is 2. The fourth-order valence-electron chi connectivity index (χ4n) is 2.07. The van der Waals surface area contributed by atoms with Crippen LogP contribution in [0.4, 0.5) is 5.69 Å². The number of benzene rings is 1.